The van der Waals surface area contributed by atoms with Crippen molar-refractivity contribution in [3.05, 3.63) is 82.6 Å². The predicted octanol–water partition coefficient (Wildman–Crippen LogP) is 4.75. The molecule has 2 heterocycles. The van der Waals surface area contributed by atoms with Crippen LogP contribution in [0.3, 0.4) is 0 Å². The molecule has 1 aliphatic heterocycles. The number of hydrogen-bond acceptors (Lipinski definition) is 5. The first-order chi connectivity index (χ1) is 14.1. The first kappa shape index (κ1) is 19.2. The molecular formula is C22H20ClN3O3. The third-order valence-electron chi connectivity index (χ3n) is 4.97. The van der Waals surface area contributed by atoms with Crippen LogP contribution in [0.1, 0.15) is 40.5 Å². The topological polar surface area (TPSA) is 75.5 Å². The standard InChI is InChI=1S/C22H20ClN3O3/c23-16-10-8-15(9-11-16)20-7-4-12-26(20)22-24-13-18(21(27)28)19(25-22)14-29-17-5-2-1-3-6-17/h1-3,5-6,8-11,13,20H,4,7,12,14H2,(H,27,28)/t20-/m0/s1. The van der Waals surface area contributed by atoms with Crippen LogP contribution in [0.4, 0.5) is 5.95 Å². The summed E-state index contributed by atoms with van der Waals surface area (Å²) in [6, 6.07) is 17.2. The lowest BCUT2D eigenvalue weighted by Gasteiger charge is -2.25. The Kier molecular flexibility index (Phi) is 5.62. The Morgan fingerprint density at radius 2 is 1.93 bits per heavy atom. The van der Waals surface area contributed by atoms with Gasteiger partial charge in [0.2, 0.25) is 5.95 Å². The average Bonchev–Trinajstić information content (AvgIpc) is 3.23. The van der Waals surface area contributed by atoms with Crippen LogP contribution in [0.2, 0.25) is 5.02 Å². The predicted molar refractivity (Wildman–Crippen MR) is 111 cm³/mol. The number of para-hydroxylation sites is 1. The number of carboxylic acid groups (broad SMARTS) is 1. The molecule has 0 unspecified atom stereocenters. The van der Waals surface area contributed by atoms with E-state index in [2.05, 4.69) is 14.9 Å². The van der Waals surface area contributed by atoms with Gasteiger partial charge in [-0.15, -0.1) is 0 Å². The molecule has 6 nitrogen and oxygen atoms in total. The summed E-state index contributed by atoms with van der Waals surface area (Å²) in [4.78, 5) is 22.6. The maximum atomic E-state index is 11.6. The molecule has 0 bridgehead atoms. The summed E-state index contributed by atoms with van der Waals surface area (Å²) < 4.78 is 5.74. The number of halogens is 1. The minimum absolute atomic E-state index is 0.0481. The Labute approximate surface area is 173 Å². The van der Waals surface area contributed by atoms with Gasteiger partial charge in [0.25, 0.3) is 0 Å². The zero-order valence-electron chi connectivity index (χ0n) is 15.7. The Morgan fingerprint density at radius 3 is 2.66 bits per heavy atom. The van der Waals surface area contributed by atoms with Crippen LogP contribution in [0.25, 0.3) is 0 Å². The third kappa shape index (κ3) is 4.32. The SMILES string of the molecule is O=C(O)c1cnc(N2CCC[C@H]2c2ccc(Cl)cc2)nc1COc1ccccc1. The van der Waals surface area contributed by atoms with Gasteiger partial charge in [-0.05, 0) is 42.7 Å². The zero-order chi connectivity index (χ0) is 20.2. The second-order valence-electron chi connectivity index (χ2n) is 6.84. The van der Waals surface area contributed by atoms with Crippen LogP contribution in [-0.4, -0.2) is 27.6 Å². The molecule has 1 atom stereocenters. The molecule has 0 aliphatic carbocycles. The van der Waals surface area contributed by atoms with Crippen LogP contribution in [0.15, 0.2) is 60.8 Å². The van der Waals surface area contributed by atoms with Crippen molar-refractivity contribution in [3.63, 3.8) is 0 Å². The van der Waals surface area contributed by atoms with Crippen molar-refractivity contribution in [2.24, 2.45) is 0 Å². The third-order valence-corrected chi connectivity index (χ3v) is 5.22. The average molecular weight is 410 g/mol. The van der Waals surface area contributed by atoms with Gasteiger partial charge in [-0.2, -0.15) is 0 Å². The van der Waals surface area contributed by atoms with Crippen molar-refractivity contribution in [2.75, 3.05) is 11.4 Å². The normalized spacial score (nSPS) is 16.0. The summed E-state index contributed by atoms with van der Waals surface area (Å²) in [6.07, 6.45) is 3.35. The van der Waals surface area contributed by atoms with Crippen molar-refractivity contribution in [3.8, 4) is 5.75 Å². The molecule has 1 aromatic heterocycles. The van der Waals surface area contributed by atoms with E-state index >= 15 is 0 Å². The van der Waals surface area contributed by atoms with Crippen molar-refractivity contribution in [1.82, 2.24) is 9.97 Å². The fraction of sp³-hybridized carbons (Fsp3) is 0.227. The highest BCUT2D eigenvalue weighted by atomic mass is 35.5. The maximum absolute atomic E-state index is 11.6. The van der Waals surface area contributed by atoms with Crippen molar-refractivity contribution < 1.29 is 14.6 Å². The molecule has 0 amide bonds. The van der Waals surface area contributed by atoms with Crippen molar-refractivity contribution in [2.45, 2.75) is 25.5 Å². The molecule has 148 valence electrons. The number of benzene rings is 2. The van der Waals surface area contributed by atoms with Crippen molar-refractivity contribution in [1.29, 1.82) is 0 Å². The van der Waals surface area contributed by atoms with Crippen LogP contribution in [0.5, 0.6) is 5.75 Å². The second-order valence-corrected chi connectivity index (χ2v) is 7.28. The van der Waals surface area contributed by atoms with E-state index in [1.165, 1.54) is 6.20 Å². The Balaban J connectivity index is 1.61. The number of aromatic carboxylic acids is 1. The molecule has 0 spiro atoms. The van der Waals surface area contributed by atoms with E-state index in [0.29, 0.717) is 22.4 Å². The first-order valence-electron chi connectivity index (χ1n) is 9.41. The summed E-state index contributed by atoms with van der Waals surface area (Å²) in [7, 11) is 0. The summed E-state index contributed by atoms with van der Waals surface area (Å²) in [6.45, 7) is 0.860. The minimum atomic E-state index is -1.07. The quantitative estimate of drug-likeness (QED) is 0.633. The largest absolute Gasteiger partial charge is 0.487 e. The van der Waals surface area contributed by atoms with Crippen molar-refractivity contribution >= 4 is 23.5 Å². The molecule has 0 saturated carbocycles. The van der Waals surface area contributed by atoms with E-state index in [4.69, 9.17) is 16.3 Å². The fourth-order valence-electron chi connectivity index (χ4n) is 3.54. The number of aromatic nitrogens is 2. The molecule has 1 aliphatic rings. The number of carboxylic acids is 1. The minimum Gasteiger partial charge on any atom is -0.487 e. The number of rotatable bonds is 6. The number of hydrogen-bond donors (Lipinski definition) is 1. The van der Waals surface area contributed by atoms with E-state index in [1.54, 1.807) is 0 Å². The highest BCUT2D eigenvalue weighted by Gasteiger charge is 2.29. The Morgan fingerprint density at radius 1 is 1.17 bits per heavy atom. The number of anilines is 1. The van der Waals surface area contributed by atoms with E-state index in [-0.39, 0.29) is 18.2 Å². The summed E-state index contributed by atoms with van der Waals surface area (Å²) >= 11 is 6.02. The van der Waals surface area contributed by atoms with Crippen LogP contribution >= 0.6 is 11.6 Å². The molecule has 4 rings (SSSR count). The maximum Gasteiger partial charge on any atom is 0.339 e. The molecule has 29 heavy (non-hydrogen) atoms. The molecule has 0 radical (unpaired) electrons. The van der Waals surface area contributed by atoms with Gasteiger partial charge in [0, 0.05) is 17.8 Å². The van der Waals surface area contributed by atoms with E-state index in [1.807, 2.05) is 54.6 Å². The van der Waals surface area contributed by atoms with Gasteiger partial charge in [-0.1, -0.05) is 41.9 Å². The van der Waals surface area contributed by atoms with Gasteiger partial charge in [-0.3, -0.25) is 0 Å². The lowest BCUT2D eigenvalue weighted by Crippen LogP contribution is -2.26. The van der Waals surface area contributed by atoms with Crippen LogP contribution in [-0.2, 0) is 6.61 Å². The Hall–Kier alpha value is -3.12. The smallest absolute Gasteiger partial charge is 0.339 e. The van der Waals surface area contributed by atoms with Gasteiger partial charge in [-0.25, -0.2) is 14.8 Å². The molecule has 3 aromatic rings. The molecule has 1 N–H and O–H groups in total. The first-order valence-corrected chi connectivity index (χ1v) is 9.79. The van der Waals surface area contributed by atoms with E-state index < -0.39 is 5.97 Å². The second kappa shape index (κ2) is 8.49. The van der Waals surface area contributed by atoms with Gasteiger partial charge in [0.1, 0.15) is 17.9 Å². The monoisotopic (exact) mass is 409 g/mol. The van der Waals surface area contributed by atoms with E-state index in [0.717, 1.165) is 24.9 Å². The van der Waals surface area contributed by atoms with Crippen LogP contribution < -0.4 is 9.64 Å². The van der Waals surface area contributed by atoms with Gasteiger partial charge >= 0.3 is 5.97 Å². The molecule has 1 fully saturated rings. The van der Waals surface area contributed by atoms with Gasteiger partial charge in [0.05, 0.1) is 11.7 Å². The highest BCUT2D eigenvalue weighted by Crippen LogP contribution is 2.35. The summed E-state index contributed by atoms with van der Waals surface area (Å²) in [5.41, 5.74) is 1.54. The highest BCUT2D eigenvalue weighted by molar-refractivity contribution is 6.30. The number of nitrogens with zero attached hydrogens (tertiary/aromatic N) is 3. The summed E-state index contributed by atoms with van der Waals surface area (Å²) in [5, 5.41) is 10.2. The molecule has 7 heteroatoms. The fourth-order valence-corrected chi connectivity index (χ4v) is 3.67. The number of carbonyl (C=O) groups is 1. The molecular weight excluding hydrogens is 390 g/mol. The number of ether oxygens (including phenoxy) is 1. The lowest BCUT2D eigenvalue weighted by molar-refractivity contribution is 0.0692. The molecule has 2 aromatic carbocycles. The van der Waals surface area contributed by atoms with Crippen LogP contribution in [0, 0.1) is 0 Å². The Bertz CT molecular complexity index is 996. The summed E-state index contributed by atoms with van der Waals surface area (Å²) in [5.74, 6) is 0.0993. The van der Waals surface area contributed by atoms with Gasteiger partial charge in [0.15, 0.2) is 0 Å². The zero-order valence-corrected chi connectivity index (χ0v) is 16.4. The van der Waals surface area contributed by atoms with E-state index in [9.17, 15) is 9.90 Å². The van der Waals surface area contributed by atoms with Gasteiger partial charge < -0.3 is 14.7 Å². The lowest BCUT2D eigenvalue weighted by atomic mass is 10.1. The molecule has 1 saturated heterocycles.